The van der Waals surface area contributed by atoms with E-state index in [4.69, 9.17) is 25.7 Å². The number of aliphatic hydroxyl groups is 4. The number of aromatic nitrogens is 2. The van der Waals surface area contributed by atoms with Crippen LogP contribution in [0.1, 0.15) is 136 Å². The number of aliphatic hydroxyl groups excluding tert-OH is 4. The van der Waals surface area contributed by atoms with Crippen molar-refractivity contribution in [2.45, 2.75) is 209 Å². The van der Waals surface area contributed by atoms with Crippen LogP contribution < -0.4 is 49.3 Å². The average Bonchev–Trinajstić information content (AvgIpc) is 3.78. The summed E-state index contributed by atoms with van der Waals surface area (Å²) < 4.78 is 18.1. The maximum Gasteiger partial charge on any atom is 0.330 e. The molecule has 0 radical (unpaired) electrons. The molecule has 2 fully saturated rings. The van der Waals surface area contributed by atoms with Crippen molar-refractivity contribution in [2.24, 2.45) is 17.4 Å². The number of H-pyrrole nitrogens is 1. The van der Waals surface area contributed by atoms with Gasteiger partial charge in [-0.2, -0.15) is 0 Å². The Morgan fingerprint density at radius 2 is 1.29 bits per heavy atom. The van der Waals surface area contributed by atoms with Crippen molar-refractivity contribution in [3.8, 4) is 0 Å². The summed E-state index contributed by atoms with van der Waals surface area (Å²) in [5.74, 6) is -4.52. The van der Waals surface area contributed by atoms with Gasteiger partial charge in [-0.3, -0.25) is 28.7 Å². The highest BCUT2D eigenvalue weighted by Crippen LogP contribution is 2.34. The molecule has 0 aliphatic carbocycles. The molecule has 13 atom stereocenters. The Bertz CT molecular complexity index is 1920. The van der Waals surface area contributed by atoms with Crippen molar-refractivity contribution in [1.29, 1.82) is 0 Å². The van der Waals surface area contributed by atoms with E-state index < -0.39 is 126 Å². The number of carbonyl (C=O) groups is 5. The van der Waals surface area contributed by atoms with Crippen molar-refractivity contribution in [1.82, 2.24) is 36.1 Å². The normalized spacial score (nSPS) is 24.0. The number of nitrogens with two attached hydrogens (primary N) is 2. The molecule has 4 amide bonds. The van der Waals surface area contributed by atoms with Gasteiger partial charge in [0.15, 0.2) is 12.5 Å². The Hall–Kier alpha value is -4.57. The van der Waals surface area contributed by atoms with E-state index in [0.717, 1.165) is 48.9 Å². The summed E-state index contributed by atoms with van der Waals surface area (Å²) in [6, 6.07) is -5.17. The fourth-order valence-electron chi connectivity index (χ4n) is 8.71. The Labute approximate surface area is 419 Å². The van der Waals surface area contributed by atoms with Gasteiger partial charge in [0.25, 0.3) is 5.56 Å². The summed E-state index contributed by atoms with van der Waals surface area (Å²) in [5.41, 5.74) is 9.62. The lowest BCUT2D eigenvalue weighted by molar-refractivity contribution is -0.228. The zero-order valence-electron chi connectivity index (χ0n) is 42.0. The number of hydrogen-bond acceptors (Lipinski definition) is 17. The Kier molecular flexibility index (Phi) is 27.9. The summed E-state index contributed by atoms with van der Waals surface area (Å²) in [4.78, 5) is 91.5. The summed E-state index contributed by atoms with van der Waals surface area (Å²) in [5, 5.41) is 76.7. The van der Waals surface area contributed by atoms with Crippen molar-refractivity contribution < 1.29 is 68.8 Å². The number of aliphatic carboxylic acids is 2. The van der Waals surface area contributed by atoms with Crippen molar-refractivity contribution in [3.05, 3.63) is 33.1 Å². The zero-order valence-corrected chi connectivity index (χ0v) is 42.0. The quantitative estimate of drug-likeness (QED) is 0.0358. The first-order valence-corrected chi connectivity index (χ1v) is 25.6. The number of nitrogens with one attached hydrogen (secondary N) is 6. The van der Waals surface area contributed by atoms with Gasteiger partial charge in [-0.1, -0.05) is 104 Å². The molecule has 0 bridgehead atoms. The summed E-state index contributed by atoms with van der Waals surface area (Å²) in [6.45, 7) is 5.18. The molecule has 0 saturated carbocycles. The molecule has 16 N–H and O–H groups in total. The van der Waals surface area contributed by atoms with Gasteiger partial charge in [-0.05, 0) is 44.7 Å². The van der Waals surface area contributed by atoms with E-state index in [1.165, 1.54) is 44.9 Å². The maximum absolute atomic E-state index is 13.8. The van der Waals surface area contributed by atoms with Gasteiger partial charge in [0.05, 0.1) is 0 Å². The molecule has 3 heterocycles. The van der Waals surface area contributed by atoms with Crippen LogP contribution in [0.15, 0.2) is 21.9 Å². The number of ether oxygens (including phenoxy) is 3. The summed E-state index contributed by atoms with van der Waals surface area (Å²) in [6.07, 6.45) is 0.953. The van der Waals surface area contributed by atoms with E-state index >= 15 is 0 Å². The van der Waals surface area contributed by atoms with Crippen LogP contribution in [0.25, 0.3) is 0 Å². The zero-order chi connectivity index (χ0) is 53.3. The monoisotopic (exact) mass is 1030 g/mol. The Balaban J connectivity index is 1.72. The Morgan fingerprint density at radius 3 is 1.83 bits per heavy atom. The van der Waals surface area contributed by atoms with E-state index in [9.17, 15) is 64.2 Å². The number of nitrogens with zero attached hydrogens (tertiary/aromatic N) is 1. The van der Waals surface area contributed by atoms with Gasteiger partial charge in [-0.25, -0.2) is 14.4 Å². The molecule has 0 unspecified atom stereocenters. The van der Waals surface area contributed by atoms with Crippen molar-refractivity contribution >= 4 is 29.8 Å². The highest BCUT2D eigenvalue weighted by molar-refractivity contribution is 5.92. The number of carbonyl (C=O) groups excluding carboxylic acids is 3. The third-order valence-corrected chi connectivity index (χ3v) is 12.9. The van der Waals surface area contributed by atoms with E-state index in [1.807, 2.05) is 4.98 Å². The number of amides is 4. The highest BCUT2D eigenvalue weighted by Gasteiger charge is 2.54. The second-order valence-electron chi connectivity index (χ2n) is 19.0. The van der Waals surface area contributed by atoms with Crippen LogP contribution in [0, 0.1) is 5.92 Å². The number of rotatable bonds is 36. The molecule has 2 aliphatic rings. The predicted octanol–water partition coefficient (Wildman–Crippen LogP) is -1.02. The van der Waals surface area contributed by atoms with Crippen LogP contribution in [-0.2, 0) is 33.4 Å². The first-order chi connectivity index (χ1) is 34.4. The highest BCUT2D eigenvalue weighted by atomic mass is 16.7. The van der Waals surface area contributed by atoms with Gasteiger partial charge in [0.1, 0.15) is 66.9 Å². The minimum atomic E-state index is -1.92. The Morgan fingerprint density at radius 1 is 0.708 bits per heavy atom. The largest absolute Gasteiger partial charge is 0.480 e. The maximum atomic E-state index is 13.8. The third-order valence-electron chi connectivity index (χ3n) is 12.9. The minimum absolute atomic E-state index is 0.0506. The molecule has 0 aromatic carbocycles. The molecule has 25 heteroatoms. The second-order valence-corrected chi connectivity index (χ2v) is 19.0. The predicted molar refractivity (Wildman–Crippen MR) is 261 cm³/mol. The summed E-state index contributed by atoms with van der Waals surface area (Å²) in [7, 11) is 0. The van der Waals surface area contributed by atoms with Crippen LogP contribution >= 0.6 is 0 Å². The van der Waals surface area contributed by atoms with Crippen LogP contribution in [0.5, 0.6) is 0 Å². The number of carboxylic acids is 2. The topological polar surface area (TPSA) is 401 Å². The second kappa shape index (κ2) is 32.6. The van der Waals surface area contributed by atoms with Gasteiger partial charge in [0, 0.05) is 25.4 Å². The molecular weight excluding hydrogens is 947 g/mol. The molecule has 3 rings (SSSR count). The van der Waals surface area contributed by atoms with E-state index in [0.29, 0.717) is 12.8 Å². The lowest BCUT2D eigenvalue weighted by Gasteiger charge is -2.33. The van der Waals surface area contributed by atoms with Gasteiger partial charge in [-0.15, -0.1) is 0 Å². The molecule has 1 aromatic heterocycles. The molecular formula is C47H83N9O16. The van der Waals surface area contributed by atoms with Crippen molar-refractivity contribution in [3.63, 3.8) is 0 Å². The summed E-state index contributed by atoms with van der Waals surface area (Å²) >= 11 is 0. The van der Waals surface area contributed by atoms with Crippen LogP contribution in [0.2, 0.25) is 0 Å². The molecule has 2 saturated heterocycles. The van der Waals surface area contributed by atoms with Crippen LogP contribution in [0.3, 0.4) is 0 Å². The number of carboxylic acid groups (broad SMARTS) is 2. The fraction of sp³-hybridized carbons (Fsp3) is 0.809. The molecule has 1 aromatic rings. The minimum Gasteiger partial charge on any atom is -0.480 e. The van der Waals surface area contributed by atoms with Crippen molar-refractivity contribution in [2.75, 3.05) is 26.2 Å². The SMILES string of the molecule is CCCCCCCCCCCCCCC[C@@H](NC(=O)[C@H](CCCN)NC(=O)N[C@H](C(=O)O)C(C)C)C(=O)NCCCN[C@H](C(=O)O)[C@H](O[C@@H]1O[C@H](CN)[C@@H](O)[C@H]1O)[C@H]1O[C@@H](n2ccc(=O)[nH]c2=O)[C@H](O)[C@@H]1O. The first-order valence-electron chi connectivity index (χ1n) is 25.6. The lowest BCUT2D eigenvalue weighted by Crippen LogP contribution is -2.57. The molecule has 25 nitrogen and oxygen atoms in total. The van der Waals surface area contributed by atoms with Gasteiger partial charge in [0.2, 0.25) is 11.8 Å². The molecule has 72 heavy (non-hydrogen) atoms. The van der Waals surface area contributed by atoms with Gasteiger partial charge >= 0.3 is 23.7 Å². The third kappa shape index (κ3) is 19.7. The number of hydrogen-bond donors (Lipinski definition) is 14. The molecule has 412 valence electrons. The number of aromatic amines is 1. The number of unbranched alkanes of at least 4 members (excludes halogenated alkanes) is 12. The van der Waals surface area contributed by atoms with E-state index in [2.05, 4.69) is 33.5 Å². The fourth-order valence-corrected chi connectivity index (χ4v) is 8.71. The first kappa shape index (κ1) is 61.7. The van der Waals surface area contributed by atoms with Crippen LogP contribution in [-0.4, -0.2) is 169 Å². The number of urea groups is 1. The molecule has 2 aliphatic heterocycles. The smallest absolute Gasteiger partial charge is 0.330 e. The lowest BCUT2D eigenvalue weighted by atomic mass is 9.98. The average molecular weight is 1030 g/mol. The van der Waals surface area contributed by atoms with E-state index in [-0.39, 0.29) is 45.4 Å². The van der Waals surface area contributed by atoms with Gasteiger partial charge < -0.3 is 82.9 Å². The van der Waals surface area contributed by atoms with Crippen LogP contribution in [0.4, 0.5) is 4.79 Å². The molecule has 0 spiro atoms. The van der Waals surface area contributed by atoms with E-state index in [1.54, 1.807) is 13.8 Å². The standard InChI is InChI=1S/C47H83N9O16/c1-4-5-6-7-8-9-10-11-12-13-14-15-16-19-28(52-41(63)29(20-17-22-48)53-46(68)55-32(27(2)3)43(64)65)40(62)51-24-18-23-50-33(44(66)67)38(72-45-37(61)34(58)30(26-49)70-45)39-35(59)36(60)42(71-39)56-25-21-31(57)54-47(56)69/h21,25,27-30,32-39,42,45,50,58-61H,4-20,22-24,26,48-49H2,1-3H3,(H,51,62)(H,52,63)(H,64,65)(H,66,67)(H2,53,55,68)(H,54,57,69)/t28-,29+,30-,32+,33+,34-,35+,36-,37-,38+,39+,42-,45+/m1/s1.